The first-order chi connectivity index (χ1) is 9.97. The summed E-state index contributed by atoms with van der Waals surface area (Å²) in [5.41, 5.74) is 0. The van der Waals surface area contributed by atoms with E-state index in [1.807, 2.05) is 0 Å². The Morgan fingerprint density at radius 2 is 1.76 bits per heavy atom. The molecule has 3 N–H and O–H groups in total. The van der Waals surface area contributed by atoms with E-state index in [2.05, 4.69) is 10.6 Å². The molecule has 2 amide bonds. The average molecular weight is 300 g/mol. The molecule has 0 spiro atoms. The summed E-state index contributed by atoms with van der Waals surface area (Å²) >= 11 is 0. The van der Waals surface area contributed by atoms with Gasteiger partial charge in [0.1, 0.15) is 6.04 Å². The molecule has 7 nitrogen and oxygen atoms in total. The van der Waals surface area contributed by atoms with Crippen molar-refractivity contribution >= 4 is 17.8 Å². The largest absolute Gasteiger partial charge is 0.480 e. The number of carbonyl (C=O) groups excluding carboxylic acids is 2. The van der Waals surface area contributed by atoms with E-state index in [0.717, 1.165) is 12.8 Å². The second-order valence-corrected chi connectivity index (χ2v) is 5.35. The third-order valence-corrected chi connectivity index (χ3v) is 3.77. The van der Waals surface area contributed by atoms with Gasteiger partial charge in [0.15, 0.2) is 0 Å². The van der Waals surface area contributed by atoms with E-state index in [-0.39, 0.29) is 11.8 Å². The van der Waals surface area contributed by atoms with Crippen LogP contribution in [-0.2, 0) is 19.1 Å². The minimum absolute atomic E-state index is 0.158. The number of amides is 2. The minimum Gasteiger partial charge on any atom is -0.480 e. The molecule has 1 saturated carbocycles. The van der Waals surface area contributed by atoms with Crippen LogP contribution in [0.2, 0.25) is 0 Å². The fourth-order valence-corrected chi connectivity index (χ4v) is 2.55. The van der Waals surface area contributed by atoms with Crippen LogP contribution in [0, 0.1) is 11.8 Å². The van der Waals surface area contributed by atoms with Gasteiger partial charge in [-0.25, -0.2) is 0 Å². The lowest BCUT2D eigenvalue weighted by Gasteiger charge is -2.30. The molecule has 3 atom stereocenters. The third-order valence-electron chi connectivity index (χ3n) is 3.77. The Morgan fingerprint density at radius 3 is 2.29 bits per heavy atom. The molecule has 0 bridgehead atoms. The van der Waals surface area contributed by atoms with Gasteiger partial charge in [-0.2, -0.15) is 0 Å². The molecule has 0 aromatic rings. The fraction of sp³-hybridized carbons (Fsp3) is 0.786. The Bertz CT molecular complexity index is 386. The number of carboxylic acids is 1. The SMILES string of the molecule is COCCNC(=O)C1CCCCC1C(=O)NC(C)C(=O)O. The quantitative estimate of drug-likeness (QED) is 0.580. The van der Waals surface area contributed by atoms with Crippen molar-refractivity contribution < 1.29 is 24.2 Å². The van der Waals surface area contributed by atoms with Gasteiger partial charge in [0, 0.05) is 25.5 Å². The van der Waals surface area contributed by atoms with Crippen molar-refractivity contribution in [3.05, 3.63) is 0 Å². The summed E-state index contributed by atoms with van der Waals surface area (Å²) in [7, 11) is 1.55. The molecule has 0 saturated heterocycles. The van der Waals surface area contributed by atoms with Crippen molar-refractivity contribution in [1.29, 1.82) is 0 Å². The maximum absolute atomic E-state index is 12.2. The van der Waals surface area contributed by atoms with Crippen LogP contribution in [0.15, 0.2) is 0 Å². The average Bonchev–Trinajstić information content (AvgIpc) is 2.47. The van der Waals surface area contributed by atoms with Crippen molar-refractivity contribution in [1.82, 2.24) is 10.6 Å². The lowest BCUT2D eigenvalue weighted by Crippen LogP contribution is -2.48. The molecule has 3 unspecified atom stereocenters. The predicted octanol–water partition coefficient (Wildman–Crippen LogP) is 0.145. The van der Waals surface area contributed by atoms with E-state index in [1.54, 1.807) is 7.11 Å². The van der Waals surface area contributed by atoms with Gasteiger partial charge in [-0.1, -0.05) is 12.8 Å². The number of ether oxygens (including phenoxy) is 1. The van der Waals surface area contributed by atoms with Gasteiger partial charge in [-0.05, 0) is 19.8 Å². The Kier molecular flexibility index (Phi) is 7.14. The van der Waals surface area contributed by atoms with E-state index in [4.69, 9.17) is 9.84 Å². The van der Waals surface area contributed by atoms with E-state index in [0.29, 0.717) is 26.0 Å². The van der Waals surface area contributed by atoms with Crippen molar-refractivity contribution in [3.63, 3.8) is 0 Å². The zero-order valence-corrected chi connectivity index (χ0v) is 12.6. The molecule has 21 heavy (non-hydrogen) atoms. The third kappa shape index (κ3) is 5.34. The summed E-state index contributed by atoms with van der Waals surface area (Å²) in [6.07, 6.45) is 3.04. The van der Waals surface area contributed by atoms with Crippen LogP contribution < -0.4 is 10.6 Å². The molecular formula is C14H24N2O5. The highest BCUT2D eigenvalue weighted by molar-refractivity contribution is 5.90. The fourth-order valence-electron chi connectivity index (χ4n) is 2.55. The molecule has 120 valence electrons. The van der Waals surface area contributed by atoms with Crippen LogP contribution in [0.5, 0.6) is 0 Å². The zero-order valence-electron chi connectivity index (χ0n) is 12.6. The van der Waals surface area contributed by atoms with E-state index < -0.39 is 23.8 Å². The first-order valence-corrected chi connectivity index (χ1v) is 7.27. The highest BCUT2D eigenvalue weighted by Gasteiger charge is 2.36. The van der Waals surface area contributed by atoms with Gasteiger partial charge < -0.3 is 20.5 Å². The van der Waals surface area contributed by atoms with Crippen molar-refractivity contribution in [2.45, 2.75) is 38.6 Å². The number of carbonyl (C=O) groups is 3. The number of methoxy groups -OCH3 is 1. The lowest BCUT2D eigenvalue weighted by atomic mass is 9.78. The number of nitrogens with one attached hydrogen (secondary N) is 2. The van der Waals surface area contributed by atoms with Crippen LogP contribution in [-0.4, -0.2) is 49.2 Å². The van der Waals surface area contributed by atoms with Crippen LogP contribution >= 0.6 is 0 Å². The Morgan fingerprint density at radius 1 is 1.19 bits per heavy atom. The molecule has 0 heterocycles. The van der Waals surface area contributed by atoms with Gasteiger partial charge in [-0.15, -0.1) is 0 Å². The topological polar surface area (TPSA) is 105 Å². The molecule has 1 fully saturated rings. The minimum atomic E-state index is -1.08. The standard InChI is InChI=1S/C14H24N2O5/c1-9(14(19)20)16-13(18)11-6-4-3-5-10(11)12(17)15-7-8-21-2/h9-11H,3-8H2,1-2H3,(H,15,17)(H,16,18)(H,19,20). The summed E-state index contributed by atoms with van der Waals surface area (Å²) in [5, 5.41) is 14.1. The molecule has 0 aromatic carbocycles. The highest BCUT2D eigenvalue weighted by atomic mass is 16.5. The molecule has 0 aliphatic heterocycles. The van der Waals surface area contributed by atoms with Crippen LogP contribution in [0.4, 0.5) is 0 Å². The number of carboxylic acid groups (broad SMARTS) is 1. The lowest BCUT2D eigenvalue weighted by molar-refractivity contribution is -0.143. The van der Waals surface area contributed by atoms with Gasteiger partial charge in [-0.3, -0.25) is 14.4 Å². The molecule has 0 aromatic heterocycles. The second-order valence-electron chi connectivity index (χ2n) is 5.35. The summed E-state index contributed by atoms with van der Waals surface area (Å²) in [5.74, 6) is -2.44. The number of aliphatic carboxylic acids is 1. The van der Waals surface area contributed by atoms with Crippen molar-refractivity contribution in [2.75, 3.05) is 20.3 Å². The first-order valence-electron chi connectivity index (χ1n) is 7.27. The number of hydrogen-bond donors (Lipinski definition) is 3. The second kappa shape index (κ2) is 8.61. The summed E-state index contributed by atoms with van der Waals surface area (Å²) in [6.45, 7) is 2.24. The first kappa shape index (κ1) is 17.4. The van der Waals surface area contributed by atoms with Gasteiger partial charge in [0.05, 0.1) is 6.61 Å². The summed E-state index contributed by atoms with van der Waals surface area (Å²) < 4.78 is 4.87. The summed E-state index contributed by atoms with van der Waals surface area (Å²) in [4.78, 5) is 35.1. The van der Waals surface area contributed by atoms with Gasteiger partial charge in [0.25, 0.3) is 0 Å². The monoisotopic (exact) mass is 300 g/mol. The van der Waals surface area contributed by atoms with E-state index >= 15 is 0 Å². The zero-order chi connectivity index (χ0) is 15.8. The smallest absolute Gasteiger partial charge is 0.325 e. The Balaban J connectivity index is 2.61. The van der Waals surface area contributed by atoms with Crippen LogP contribution in [0.1, 0.15) is 32.6 Å². The molecular weight excluding hydrogens is 276 g/mol. The van der Waals surface area contributed by atoms with E-state index in [1.165, 1.54) is 6.92 Å². The van der Waals surface area contributed by atoms with E-state index in [9.17, 15) is 14.4 Å². The number of hydrogen-bond acceptors (Lipinski definition) is 4. The Labute approximate surface area is 124 Å². The van der Waals surface area contributed by atoms with Crippen LogP contribution in [0.3, 0.4) is 0 Å². The maximum Gasteiger partial charge on any atom is 0.325 e. The van der Waals surface area contributed by atoms with Crippen molar-refractivity contribution in [3.8, 4) is 0 Å². The molecule has 0 radical (unpaired) electrons. The summed E-state index contributed by atoms with van der Waals surface area (Å²) in [6, 6.07) is -0.948. The Hall–Kier alpha value is -1.63. The molecule has 7 heteroatoms. The molecule has 1 aliphatic rings. The number of rotatable bonds is 7. The molecule has 1 rings (SSSR count). The normalized spacial score (nSPS) is 23.1. The predicted molar refractivity (Wildman–Crippen MR) is 75.6 cm³/mol. The van der Waals surface area contributed by atoms with Crippen molar-refractivity contribution in [2.24, 2.45) is 11.8 Å². The maximum atomic E-state index is 12.2. The highest BCUT2D eigenvalue weighted by Crippen LogP contribution is 2.30. The van der Waals surface area contributed by atoms with Gasteiger partial charge >= 0.3 is 5.97 Å². The van der Waals surface area contributed by atoms with Gasteiger partial charge in [0.2, 0.25) is 11.8 Å². The molecule has 1 aliphatic carbocycles. The van der Waals surface area contributed by atoms with Crippen LogP contribution in [0.25, 0.3) is 0 Å².